The fraction of sp³-hybridized carbons (Fsp3) is 0.333. The topological polar surface area (TPSA) is 60.2 Å². The minimum atomic E-state index is -2.24. The van der Waals surface area contributed by atoms with Gasteiger partial charge in [-0.2, -0.15) is 0 Å². The summed E-state index contributed by atoms with van der Waals surface area (Å²) in [4.78, 5) is 21.5. The lowest BCUT2D eigenvalue weighted by atomic mass is 9.83. The molecule has 2 N–H and O–H groups in total. The number of halogens is 1. The minimum Gasteiger partial charge on any atom is -0.299 e. The van der Waals surface area contributed by atoms with E-state index in [1.165, 1.54) is 19.1 Å². The average molecular weight is 183 g/mol. The van der Waals surface area contributed by atoms with Gasteiger partial charge in [0.15, 0.2) is 5.79 Å². The number of carbonyl (C=O) groups is 2. The quantitative estimate of drug-likeness (QED) is 0.501. The number of allylic oxidation sites excluding steroid dienone is 2. The van der Waals surface area contributed by atoms with Crippen LogP contribution in [0.3, 0.4) is 0 Å². The predicted octanol–water partition coefficient (Wildman–Crippen LogP) is 0.511. The van der Waals surface area contributed by atoms with Gasteiger partial charge < -0.3 is 0 Å². The molecule has 0 aromatic rings. The van der Waals surface area contributed by atoms with Crippen LogP contribution in [0, 0.1) is 5.92 Å². The summed E-state index contributed by atoms with van der Waals surface area (Å²) in [6.45, 7) is 1.21. The fourth-order valence-corrected chi connectivity index (χ4v) is 1.41. The van der Waals surface area contributed by atoms with E-state index in [4.69, 9.17) is 5.73 Å². The maximum Gasteiger partial charge on any atom is 0.192 e. The van der Waals surface area contributed by atoms with Gasteiger partial charge in [-0.3, -0.25) is 15.3 Å². The molecule has 0 heterocycles. The molecule has 4 heteroatoms. The first kappa shape index (κ1) is 9.80. The van der Waals surface area contributed by atoms with Crippen LogP contribution >= 0.6 is 0 Å². The van der Waals surface area contributed by atoms with Crippen LogP contribution in [-0.2, 0) is 9.59 Å². The van der Waals surface area contributed by atoms with E-state index in [0.29, 0.717) is 6.29 Å². The first-order valence-corrected chi connectivity index (χ1v) is 3.82. The third-order valence-corrected chi connectivity index (χ3v) is 1.96. The van der Waals surface area contributed by atoms with Crippen molar-refractivity contribution in [2.45, 2.75) is 12.7 Å². The van der Waals surface area contributed by atoms with Crippen LogP contribution in [0.5, 0.6) is 0 Å². The lowest BCUT2D eigenvalue weighted by Crippen LogP contribution is -2.46. The summed E-state index contributed by atoms with van der Waals surface area (Å²) >= 11 is 0. The molecule has 0 radical (unpaired) electrons. The van der Waals surface area contributed by atoms with Gasteiger partial charge in [-0.1, -0.05) is 12.2 Å². The first-order valence-electron chi connectivity index (χ1n) is 3.82. The van der Waals surface area contributed by atoms with Crippen molar-refractivity contribution < 1.29 is 14.0 Å². The third kappa shape index (κ3) is 1.72. The number of alkyl halides is 1. The molecule has 2 atom stereocenters. The monoisotopic (exact) mass is 183 g/mol. The van der Waals surface area contributed by atoms with Gasteiger partial charge in [0.05, 0.1) is 5.92 Å². The van der Waals surface area contributed by atoms with Crippen LogP contribution in [0.15, 0.2) is 23.8 Å². The molecule has 0 aromatic heterocycles. The molecule has 0 fully saturated rings. The second-order valence-corrected chi connectivity index (χ2v) is 3.01. The van der Waals surface area contributed by atoms with E-state index in [1.807, 2.05) is 0 Å². The zero-order valence-corrected chi connectivity index (χ0v) is 7.16. The summed E-state index contributed by atoms with van der Waals surface area (Å²) in [7, 11) is 0. The standard InChI is InChI=1S/C9H10FNO2/c1-6(13)8-7(5-12)3-2-4-9(8,10)11/h2-5,8H,11H2,1H3. The highest BCUT2D eigenvalue weighted by Crippen LogP contribution is 2.29. The zero-order chi connectivity index (χ0) is 10.1. The summed E-state index contributed by atoms with van der Waals surface area (Å²) in [5, 5.41) is 0. The summed E-state index contributed by atoms with van der Waals surface area (Å²) < 4.78 is 13.5. The summed E-state index contributed by atoms with van der Waals surface area (Å²) in [5.41, 5.74) is 5.30. The molecule has 1 aliphatic rings. The van der Waals surface area contributed by atoms with Crippen LogP contribution < -0.4 is 5.73 Å². The van der Waals surface area contributed by atoms with Gasteiger partial charge in [-0.05, 0) is 13.0 Å². The third-order valence-electron chi connectivity index (χ3n) is 1.96. The van der Waals surface area contributed by atoms with E-state index in [1.54, 1.807) is 0 Å². The van der Waals surface area contributed by atoms with Crippen molar-refractivity contribution in [1.82, 2.24) is 0 Å². The van der Waals surface area contributed by atoms with Gasteiger partial charge in [0, 0.05) is 5.57 Å². The lowest BCUT2D eigenvalue weighted by Gasteiger charge is -2.27. The number of ketones is 1. The highest BCUT2D eigenvalue weighted by molar-refractivity contribution is 5.92. The molecule has 0 bridgehead atoms. The van der Waals surface area contributed by atoms with E-state index < -0.39 is 17.5 Å². The Hall–Kier alpha value is -1.29. The summed E-state index contributed by atoms with van der Waals surface area (Å²) in [5.74, 6) is -3.86. The molecular formula is C9H10FNO2. The first-order chi connectivity index (χ1) is 5.99. The van der Waals surface area contributed by atoms with Crippen molar-refractivity contribution in [3.63, 3.8) is 0 Å². The van der Waals surface area contributed by atoms with Crippen molar-refractivity contribution in [3.05, 3.63) is 23.8 Å². The van der Waals surface area contributed by atoms with E-state index in [2.05, 4.69) is 0 Å². The number of hydrogen-bond acceptors (Lipinski definition) is 3. The molecule has 2 unspecified atom stereocenters. The van der Waals surface area contributed by atoms with Gasteiger partial charge in [0.1, 0.15) is 12.1 Å². The highest BCUT2D eigenvalue weighted by Gasteiger charge is 2.40. The van der Waals surface area contributed by atoms with E-state index >= 15 is 0 Å². The van der Waals surface area contributed by atoms with Gasteiger partial charge in [-0.15, -0.1) is 0 Å². The van der Waals surface area contributed by atoms with Crippen LogP contribution in [0.25, 0.3) is 0 Å². The van der Waals surface area contributed by atoms with Crippen molar-refractivity contribution in [2.24, 2.45) is 11.7 Å². The van der Waals surface area contributed by atoms with E-state index in [0.717, 1.165) is 6.08 Å². The Morgan fingerprint density at radius 1 is 1.77 bits per heavy atom. The van der Waals surface area contributed by atoms with Crippen molar-refractivity contribution in [3.8, 4) is 0 Å². The maximum absolute atomic E-state index is 13.5. The van der Waals surface area contributed by atoms with Crippen LogP contribution in [0.4, 0.5) is 4.39 Å². The molecule has 70 valence electrons. The molecule has 0 spiro atoms. The summed E-state index contributed by atoms with van der Waals surface area (Å²) in [6, 6.07) is 0. The zero-order valence-electron chi connectivity index (χ0n) is 7.16. The second kappa shape index (κ2) is 3.22. The Balaban J connectivity index is 3.11. The van der Waals surface area contributed by atoms with Gasteiger partial charge in [-0.25, -0.2) is 4.39 Å². The van der Waals surface area contributed by atoms with Gasteiger partial charge >= 0.3 is 0 Å². The molecule has 13 heavy (non-hydrogen) atoms. The predicted molar refractivity (Wildman–Crippen MR) is 45.5 cm³/mol. The Kier molecular flexibility index (Phi) is 2.43. The largest absolute Gasteiger partial charge is 0.299 e. The van der Waals surface area contributed by atoms with Crippen molar-refractivity contribution >= 4 is 12.1 Å². The van der Waals surface area contributed by atoms with E-state index in [9.17, 15) is 14.0 Å². The number of hydrogen-bond donors (Lipinski definition) is 1. The van der Waals surface area contributed by atoms with Crippen LogP contribution in [-0.4, -0.2) is 17.9 Å². The molecule has 1 rings (SSSR count). The molecular weight excluding hydrogens is 173 g/mol. The molecule has 0 amide bonds. The van der Waals surface area contributed by atoms with E-state index in [-0.39, 0.29) is 5.57 Å². The molecule has 0 saturated carbocycles. The highest BCUT2D eigenvalue weighted by atomic mass is 19.1. The SMILES string of the molecule is CC(=O)C1C(C=O)=CC=CC1(N)F. The van der Waals surface area contributed by atoms with Gasteiger partial charge in [0.2, 0.25) is 0 Å². The number of nitrogens with two attached hydrogens (primary N) is 1. The molecule has 3 nitrogen and oxygen atoms in total. The smallest absolute Gasteiger partial charge is 0.192 e. The Morgan fingerprint density at radius 3 is 2.77 bits per heavy atom. The second-order valence-electron chi connectivity index (χ2n) is 3.01. The molecule has 1 aliphatic carbocycles. The van der Waals surface area contributed by atoms with Crippen LogP contribution in [0.2, 0.25) is 0 Å². The number of carbonyl (C=O) groups excluding carboxylic acids is 2. The Labute approximate surface area is 75.1 Å². The fourth-order valence-electron chi connectivity index (χ4n) is 1.41. The van der Waals surface area contributed by atoms with Crippen LogP contribution in [0.1, 0.15) is 6.92 Å². The van der Waals surface area contributed by atoms with Crippen molar-refractivity contribution in [2.75, 3.05) is 0 Å². The Bertz CT molecular complexity index is 305. The van der Waals surface area contributed by atoms with Crippen molar-refractivity contribution in [1.29, 1.82) is 0 Å². The minimum absolute atomic E-state index is 0.0833. The number of aldehydes is 1. The molecule has 0 saturated heterocycles. The average Bonchev–Trinajstić information content (AvgIpc) is 2.01. The molecule has 0 aliphatic heterocycles. The normalized spacial score (nSPS) is 32.5. The number of Topliss-reactive ketones (excluding diaryl/α,β-unsaturated/α-hetero) is 1. The summed E-state index contributed by atoms with van der Waals surface area (Å²) in [6.07, 6.45) is 4.26. The maximum atomic E-state index is 13.5. The molecule has 0 aromatic carbocycles. The van der Waals surface area contributed by atoms with Gasteiger partial charge in [0.25, 0.3) is 0 Å². The number of rotatable bonds is 2. The lowest BCUT2D eigenvalue weighted by molar-refractivity contribution is -0.124. The Morgan fingerprint density at radius 2 is 2.38 bits per heavy atom.